The zero-order valence-corrected chi connectivity index (χ0v) is 11.2. The highest BCUT2D eigenvalue weighted by atomic mass is 16.3. The van der Waals surface area contributed by atoms with Crippen LogP contribution in [0, 0.1) is 5.41 Å². The standard InChI is InChI=1S/C14H23NO3/c1-2-11(10-16)15-12(17)8-14(9-13(15)18)6-4-3-5-7-14/h11,16H,2-10H2,1H3. The summed E-state index contributed by atoms with van der Waals surface area (Å²) in [6.07, 6.45) is 7.13. The van der Waals surface area contributed by atoms with Crippen molar-refractivity contribution >= 4 is 11.8 Å². The van der Waals surface area contributed by atoms with Crippen LogP contribution >= 0.6 is 0 Å². The average Bonchev–Trinajstić information content (AvgIpc) is 2.34. The van der Waals surface area contributed by atoms with Gasteiger partial charge in [0.25, 0.3) is 0 Å². The molecule has 1 atom stereocenters. The highest BCUT2D eigenvalue weighted by molar-refractivity contribution is 5.99. The molecule has 2 rings (SSSR count). The highest BCUT2D eigenvalue weighted by Crippen LogP contribution is 2.45. The normalized spacial score (nSPS) is 25.6. The number of nitrogens with zero attached hydrogens (tertiary/aromatic N) is 1. The van der Waals surface area contributed by atoms with Crippen LogP contribution < -0.4 is 0 Å². The minimum Gasteiger partial charge on any atom is -0.394 e. The largest absolute Gasteiger partial charge is 0.394 e. The fraction of sp³-hybridized carbons (Fsp3) is 0.857. The predicted octanol–water partition coefficient (Wildman–Crippen LogP) is 1.86. The summed E-state index contributed by atoms with van der Waals surface area (Å²) in [5.41, 5.74) is -0.0589. The van der Waals surface area contributed by atoms with E-state index >= 15 is 0 Å². The third-order valence-electron chi connectivity index (χ3n) is 4.55. The molecule has 2 aliphatic rings. The maximum Gasteiger partial charge on any atom is 0.230 e. The van der Waals surface area contributed by atoms with E-state index < -0.39 is 0 Å². The molecule has 0 aromatic rings. The molecule has 1 saturated heterocycles. The first kappa shape index (κ1) is 13.5. The van der Waals surface area contributed by atoms with Gasteiger partial charge in [0.05, 0.1) is 12.6 Å². The van der Waals surface area contributed by atoms with Gasteiger partial charge in [0.15, 0.2) is 0 Å². The fourth-order valence-corrected chi connectivity index (χ4v) is 3.47. The lowest BCUT2D eigenvalue weighted by atomic mass is 9.67. The molecule has 0 bridgehead atoms. The van der Waals surface area contributed by atoms with Crippen LogP contribution in [0.1, 0.15) is 58.3 Å². The Balaban J connectivity index is 2.12. The Kier molecular flexibility index (Phi) is 4.05. The number of rotatable bonds is 3. The van der Waals surface area contributed by atoms with Gasteiger partial charge >= 0.3 is 0 Å². The molecule has 1 unspecified atom stereocenters. The van der Waals surface area contributed by atoms with E-state index in [2.05, 4.69) is 0 Å². The molecule has 1 N–H and O–H groups in total. The topological polar surface area (TPSA) is 57.6 Å². The van der Waals surface area contributed by atoms with Gasteiger partial charge in [-0.25, -0.2) is 0 Å². The zero-order chi connectivity index (χ0) is 13.2. The average molecular weight is 253 g/mol. The number of carbonyl (C=O) groups is 2. The monoisotopic (exact) mass is 253 g/mol. The molecule has 4 nitrogen and oxygen atoms in total. The van der Waals surface area contributed by atoms with Crippen LogP contribution in [0.15, 0.2) is 0 Å². The molecule has 0 aromatic carbocycles. The minimum atomic E-state index is -0.328. The van der Waals surface area contributed by atoms with Crippen LogP contribution in [0.4, 0.5) is 0 Å². The number of piperidine rings is 1. The van der Waals surface area contributed by atoms with Crippen molar-refractivity contribution in [2.75, 3.05) is 6.61 Å². The number of amides is 2. The summed E-state index contributed by atoms with van der Waals surface area (Å²) >= 11 is 0. The first-order chi connectivity index (χ1) is 8.62. The first-order valence-corrected chi connectivity index (χ1v) is 7.07. The molecular weight excluding hydrogens is 230 g/mol. The van der Waals surface area contributed by atoms with E-state index in [1.165, 1.54) is 11.3 Å². The second-order valence-corrected chi connectivity index (χ2v) is 5.82. The maximum absolute atomic E-state index is 12.2. The van der Waals surface area contributed by atoms with E-state index in [1.54, 1.807) is 0 Å². The van der Waals surface area contributed by atoms with Gasteiger partial charge in [0, 0.05) is 12.8 Å². The molecule has 102 valence electrons. The number of aliphatic hydroxyl groups is 1. The molecule has 4 heteroatoms. The minimum absolute atomic E-state index is 0.0589. The fourth-order valence-electron chi connectivity index (χ4n) is 3.47. The molecule has 18 heavy (non-hydrogen) atoms. The van der Waals surface area contributed by atoms with Crippen LogP contribution in [0.25, 0.3) is 0 Å². The molecule has 2 fully saturated rings. The summed E-state index contributed by atoms with van der Waals surface area (Å²) in [5.74, 6) is -0.150. The van der Waals surface area contributed by atoms with Gasteiger partial charge in [-0.05, 0) is 24.7 Å². The van der Waals surface area contributed by atoms with Crippen molar-refractivity contribution < 1.29 is 14.7 Å². The molecule has 1 saturated carbocycles. The number of aliphatic hydroxyl groups excluding tert-OH is 1. The molecule has 0 aromatic heterocycles. The van der Waals surface area contributed by atoms with E-state index in [9.17, 15) is 14.7 Å². The van der Waals surface area contributed by atoms with Gasteiger partial charge in [-0.2, -0.15) is 0 Å². The number of carbonyl (C=O) groups excluding carboxylic acids is 2. The molecule has 1 aliphatic carbocycles. The number of imide groups is 1. The second-order valence-electron chi connectivity index (χ2n) is 5.82. The molecule has 1 spiro atoms. The van der Waals surface area contributed by atoms with Gasteiger partial charge < -0.3 is 5.11 Å². The second kappa shape index (κ2) is 5.39. The van der Waals surface area contributed by atoms with E-state index in [0.29, 0.717) is 19.3 Å². The Morgan fingerprint density at radius 3 is 2.17 bits per heavy atom. The quantitative estimate of drug-likeness (QED) is 0.781. The first-order valence-electron chi connectivity index (χ1n) is 7.07. The van der Waals surface area contributed by atoms with Gasteiger partial charge in [0.1, 0.15) is 0 Å². The molecule has 0 radical (unpaired) electrons. The lowest BCUT2D eigenvalue weighted by molar-refractivity contribution is -0.158. The molecule has 2 amide bonds. The van der Waals surface area contributed by atoms with Crippen LogP contribution in [0.2, 0.25) is 0 Å². The molecule has 1 heterocycles. The lowest BCUT2D eigenvalue weighted by Crippen LogP contribution is -2.53. The van der Waals surface area contributed by atoms with Gasteiger partial charge in [-0.1, -0.05) is 26.2 Å². The van der Waals surface area contributed by atoms with Gasteiger partial charge in [-0.15, -0.1) is 0 Å². The van der Waals surface area contributed by atoms with E-state index in [0.717, 1.165) is 25.7 Å². The number of likely N-dealkylation sites (tertiary alicyclic amines) is 1. The Labute approximate surface area is 108 Å². The van der Waals surface area contributed by atoms with Crippen LogP contribution in [0.5, 0.6) is 0 Å². The van der Waals surface area contributed by atoms with Crippen LogP contribution in [0.3, 0.4) is 0 Å². The van der Waals surface area contributed by atoms with Gasteiger partial charge in [-0.3, -0.25) is 14.5 Å². The van der Waals surface area contributed by atoms with Crippen molar-refractivity contribution in [1.82, 2.24) is 4.90 Å². The van der Waals surface area contributed by atoms with Crippen molar-refractivity contribution in [2.45, 2.75) is 64.3 Å². The Morgan fingerprint density at radius 2 is 1.72 bits per heavy atom. The molecule has 1 aliphatic heterocycles. The zero-order valence-electron chi connectivity index (χ0n) is 11.2. The van der Waals surface area contributed by atoms with Crippen LogP contribution in [-0.2, 0) is 9.59 Å². The number of hydrogen-bond acceptors (Lipinski definition) is 3. The van der Waals surface area contributed by atoms with Crippen molar-refractivity contribution in [3.63, 3.8) is 0 Å². The smallest absolute Gasteiger partial charge is 0.230 e. The number of hydrogen-bond donors (Lipinski definition) is 1. The Hall–Kier alpha value is -0.900. The van der Waals surface area contributed by atoms with Crippen molar-refractivity contribution in [3.8, 4) is 0 Å². The van der Waals surface area contributed by atoms with Gasteiger partial charge in [0.2, 0.25) is 11.8 Å². The maximum atomic E-state index is 12.2. The van der Waals surface area contributed by atoms with E-state index in [-0.39, 0.29) is 29.9 Å². The van der Waals surface area contributed by atoms with Crippen LogP contribution in [-0.4, -0.2) is 34.5 Å². The molecular formula is C14H23NO3. The van der Waals surface area contributed by atoms with E-state index in [1.807, 2.05) is 6.92 Å². The summed E-state index contributed by atoms with van der Waals surface area (Å²) in [6.45, 7) is 1.77. The summed E-state index contributed by atoms with van der Waals surface area (Å²) in [4.78, 5) is 25.8. The third-order valence-corrected chi connectivity index (χ3v) is 4.55. The predicted molar refractivity (Wildman–Crippen MR) is 67.8 cm³/mol. The highest BCUT2D eigenvalue weighted by Gasteiger charge is 2.45. The van der Waals surface area contributed by atoms with Crippen molar-refractivity contribution in [1.29, 1.82) is 0 Å². The SMILES string of the molecule is CCC(CO)N1C(=O)CC2(CCCCC2)CC1=O. The summed E-state index contributed by atoms with van der Waals surface area (Å²) in [7, 11) is 0. The summed E-state index contributed by atoms with van der Waals surface area (Å²) in [6, 6.07) is -0.328. The van der Waals surface area contributed by atoms with Crippen molar-refractivity contribution in [2.24, 2.45) is 5.41 Å². The van der Waals surface area contributed by atoms with E-state index in [4.69, 9.17) is 0 Å². The Bertz CT molecular complexity index is 310. The Morgan fingerprint density at radius 1 is 1.17 bits per heavy atom. The summed E-state index contributed by atoms with van der Waals surface area (Å²) < 4.78 is 0. The van der Waals surface area contributed by atoms with Crippen molar-refractivity contribution in [3.05, 3.63) is 0 Å². The third kappa shape index (κ3) is 2.44. The summed E-state index contributed by atoms with van der Waals surface area (Å²) in [5, 5.41) is 9.27. The lowest BCUT2D eigenvalue weighted by Gasteiger charge is -2.44.